The molecule has 2 unspecified atom stereocenters. The van der Waals surface area contributed by atoms with Crippen LogP contribution in [0.1, 0.15) is 39.5 Å². The summed E-state index contributed by atoms with van der Waals surface area (Å²) >= 11 is 0. The molecule has 1 aliphatic rings. The van der Waals surface area contributed by atoms with Crippen LogP contribution in [0.15, 0.2) is 0 Å². The van der Waals surface area contributed by atoms with Crippen LogP contribution in [0.2, 0.25) is 0 Å². The lowest BCUT2D eigenvalue weighted by Gasteiger charge is -2.31. The van der Waals surface area contributed by atoms with Gasteiger partial charge in [-0.15, -0.1) is 0 Å². The van der Waals surface area contributed by atoms with E-state index in [1.165, 1.54) is 6.42 Å². The van der Waals surface area contributed by atoms with Crippen molar-refractivity contribution in [3.8, 4) is 0 Å². The predicted molar refractivity (Wildman–Crippen MR) is 70.8 cm³/mol. The summed E-state index contributed by atoms with van der Waals surface area (Å²) in [5.74, 6) is -0.0390. The lowest BCUT2D eigenvalue weighted by Crippen LogP contribution is -2.45. The fourth-order valence-electron chi connectivity index (χ4n) is 2.75. The highest BCUT2D eigenvalue weighted by Crippen LogP contribution is 2.28. The summed E-state index contributed by atoms with van der Waals surface area (Å²) in [5.41, 5.74) is 0. The summed E-state index contributed by atoms with van der Waals surface area (Å²) in [7, 11) is 0. The van der Waals surface area contributed by atoms with Crippen LogP contribution in [0.5, 0.6) is 0 Å². The van der Waals surface area contributed by atoms with Gasteiger partial charge in [-0.2, -0.15) is 0 Å². The third-order valence-corrected chi connectivity index (χ3v) is 3.50. The van der Waals surface area contributed by atoms with Gasteiger partial charge in [0.25, 0.3) is 0 Å². The van der Waals surface area contributed by atoms with Crippen molar-refractivity contribution in [1.29, 1.82) is 0 Å². The SMILES string of the molecule is CC1CC(C)CC(NC(=O)NCC[C@H](O)C(=O)O)C1. The molecule has 0 aromatic rings. The number of aliphatic hydroxyl groups excluding tert-OH is 1. The molecule has 0 heterocycles. The van der Waals surface area contributed by atoms with Crippen molar-refractivity contribution in [2.75, 3.05) is 6.54 Å². The second-order valence-corrected chi connectivity index (χ2v) is 5.66. The van der Waals surface area contributed by atoms with Crippen molar-refractivity contribution in [1.82, 2.24) is 10.6 Å². The van der Waals surface area contributed by atoms with Gasteiger partial charge in [0.05, 0.1) is 0 Å². The molecule has 0 spiro atoms. The first-order valence-corrected chi connectivity index (χ1v) is 6.83. The van der Waals surface area contributed by atoms with Crippen LogP contribution in [0.25, 0.3) is 0 Å². The van der Waals surface area contributed by atoms with Crippen molar-refractivity contribution in [3.05, 3.63) is 0 Å². The molecule has 3 atom stereocenters. The Labute approximate surface area is 113 Å². The molecule has 0 aromatic heterocycles. The van der Waals surface area contributed by atoms with Crippen LogP contribution in [0, 0.1) is 11.8 Å². The van der Waals surface area contributed by atoms with Gasteiger partial charge >= 0.3 is 12.0 Å². The highest BCUT2D eigenvalue weighted by Gasteiger charge is 2.25. The molecule has 19 heavy (non-hydrogen) atoms. The lowest BCUT2D eigenvalue weighted by molar-refractivity contribution is -0.146. The van der Waals surface area contributed by atoms with Crippen LogP contribution in [-0.4, -0.2) is 40.9 Å². The number of carbonyl (C=O) groups excluding carboxylic acids is 1. The molecule has 0 aromatic carbocycles. The monoisotopic (exact) mass is 272 g/mol. The average Bonchev–Trinajstić information content (AvgIpc) is 2.26. The van der Waals surface area contributed by atoms with Gasteiger partial charge in [0.1, 0.15) is 0 Å². The number of hydrogen-bond donors (Lipinski definition) is 4. The molecule has 2 amide bonds. The topological polar surface area (TPSA) is 98.7 Å². The summed E-state index contributed by atoms with van der Waals surface area (Å²) in [5, 5.41) is 23.0. The third kappa shape index (κ3) is 5.92. The van der Waals surface area contributed by atoms with E-state index in [1.807, 2.05) is 0 Å². The van der Waals surface area contributed by atoms with Crippen molar-refractivity contribution in [2.24, 2.45) is 11.8 Å². The van der Waals surface area contributed by atoms with E-state index in [0.29, 0.717) is 11.8 Å². The number of urea groups is 1. The van der Waals surface area contributed by atoms with Crippen molar-refractivity contribution in [2.45, 2.75) is 51.7 Å². The van der Waals surface area contributed by atoms with E-state index in [1.54, 1.807) is 0 Å². The quantitative estimate of drug-likeness (QED) is 0.598. The van der Waals surface area contributed by atoms with Crippen LogP contribution in [0.4, 0.5) is 4.79 Å². The van der Waals surface area contributed by atoms with E-state index in [2.05, 4.69) is 24.5 Å². The second-order valence-electron chi connectivity index (χ2n) is 5.66. The first kappa shape index (κ1) is 15.8. The largest absolute Gasteiger partial charge is 0.479 e. The van der Waals surface area contributed by atoms with Crippen LogP contribution in [0.3, 0.4) is 0 Å². The Hall–Kier alpha value is -1.30. The van der Waals surface area contributed by atoms with E-state index in [-0.39, 0.29) is 25.0 Å². The molecular formula is C13H24N2O4. The molecule has 6 heteroatoms. The van der Waals surface area contributed by atoms with Crippen LogP contribution in [-0.2, 0) is 4.79 Å². The average molecular weight is 272 g/mol. The zero-order chi connectivity index (χ0) is 14.4. The number of aliphatic hydroxyl groups is 1. The molecular weight excluding hydrogens is 248 g/mol. The molecule has 6 nitrogen and oxygen atoms in total. The Balaban J connectivity index is 2.22. The minimum Gasteiger partial charge on any atom is -0.479 e. The number of carbonyl (C=O) groups is 2. The van der Waals surface area contributed by atoms with Gasteiger partial charge in [-0.05, 0) is 31.1 Å². The van der Waals surface area contributed by atoms with Gasteiger partial charge in [-0.25, -0.2) is 9.59 Å². The minimum atomic E-state index is -1.42. The number of rotatable bonds is 5. The lowest BCUT2D eigenvalue weighted by atomic mass is 9.80. The van der Waals surface area contributed by atoms with E-state index in [0.717, 1.165) is 12.8 Å². The Kier molecular flexibility index (Phi) is 6.08. The van der Waals surface area contributed by atoms with Gasteiger partial charge in [0.15, 0.2) is 6.10 Å². The summed E-state index contributed by atoms with van der Waals surface area (Å²) < 4.78 is 0. The Morgan fingerprint density at radius 1 is 1.21 bits per heavy atom. The minimum absolute atomic E-state index is 0.0141. The van der Waals surface area contributed by atoms with E-state index < -0.39 is 12.1 Å². The Morgan fingerprint density at radius 3 is 2.32 bits per heavy atom. The van der Waals surface area contributed by atoms with E-state index in [9.17, 15) is 9.59 Å². The molecule has 0 saturated heterocycles. The third-order valence-electron chi connectivity index (χ3n) is 3.50. The first-order chi connectivity index (χ1) is 8.88. The molecule has 0 radical (unpaired) electrons. The number of amides is 2. The van der Waals surface area contributed by atoms with E-state index >= 15 is 0 Å². The van der Waals surface area contributed by atoms with Crippen LogP contribution >= 0.6 is 0 Å². The summed E-state index contributed by atoms with van der Waals surface area (Å²) in [4.78, 5) is 22.0. The zero-order valence-electron chi connectivity index (χ0n) is 11.6. The zero-order valence-corrected chi connectivity index (χ0v) is 11.6. The Morgan fingerprint density at radius 2 is 1.79 bits per heavy atom. The van der Waals surface area contributed by atoms with Crippen molar-refractivity contribution < 1.29 is 19.8 Å². The van der Waals surface area contributed by atoms with Gasteiger partial charge < -0.3 is 20.8 Å². The van der Waals surface area contributed by atoms with Gasteiger partial charge in [-0.3, -0.25) is 0 Å². The van der Waals surface area contributed by atoms with Gasteiger partial charge in [0.2, 0.25) is 0 Å². The highest BCUT2D eigenvalue weighted by molar-refractivity contribution is 5.74. The number of carboxylic acid groups (broad SMARTS) is 1. The molecule has 0 bridgehead atoms. The number of aliphatic carboxylic acids is 1. The van der Waals surface area contributed by atoms with Crippen molar-refractivity contribution >= 4 is 12.0 Å². The fraction of sp³-hybridized carbons (Fsp3) is 0.846. The molecule has 4 N–H and O–H groups in total. The first-order valence-electron chi connectivity index (χ1n) is 6.83. The molecule has 110 valence electrons. The van der Waals surface area contributed by atoms with Gasteiger partial charge in [-0.1, -0.05) is 13.8 Å². The van der Waals surface area contributed by atoms with Crippen LogP contribution < -0.4 is 10.6 Å². The second kappa shape index (κ2) is 7.33. The maximum absolute atomic E-state index is 11.6. The molecule has 1 fully saturated rings. The van der Waals surface area contributed by atoms with E-state index in [4.69, 9.17) is 10.2 Å². The summed E-state index contributed by atoms with van der Waals surface area (Å²) in [6, 6.07) is -0.105. The molecule has 1 rings (SSSR count). The number of carboxylic acids is 1. The Bertz CT molecular complexity index is 312. The predicted octanol–water partition coefficient (Wildman–Crippen LogP) is 0.946. The van der Waals surface area contributed by atoms with Gasteiger partial charge in [0, 0.05) is 19.0 Å². The summed E-state index contributed by atoms with van der Waals surface area (Å²) in [6.45, 7) is 4.52. The smallest absolute Gasteiger partial charge is 0.332 e. The maximum atomic E-state index is 11.6. The number of nitrogens with one attached hydrogen (secondary N) is 2. The highest BCUT2D eigenvalue weighted by atomic mass is 16.4. The maximum Gasteiger partial charge on any atom is 0.332 e. The molecule has 0 aliphatic heterocycles. The molecule has 1 aliphatic carbocycles. The standard InChI is InChI=1S/C13H24N2O4/c1-8-5-9(2)7-10(6-8)15-13(19)14-4-3-11(16)12(17)18/h8-11,16H,3-7H2,1-2H3,(H,17,18)(H2,14,15,19)/t8?,9?,10?,11-/m0/s1. The normalized spacial score (nSPS) is 28.5. The molecule has 1 saturated carbocycles. The number of hydrogen-bond acceptors (Lipinski definition) is 3. The summed E-state index contributed by atoms with van der Waals surface area (Å²) in [6.07, 6.45) is 1.76. The fourth-order valence-corrected chi connectivity index (χ4v) is 2.75. The van der Waals surface area contributed by atoms with Crippen molar-refractivity contribution in [3.63, 3.8) is 0 Å².